The monoisotopic (exact) mass is 427 g/mol. The highest BCUT2D eigenvalue weighted by molar-refractivity contribution is 7.89. The maximum Gasteiger partial charge on any atom is 0.243 e. The number of nitrogens with one attached hydrogen (secondary N) is 2. The number of anilines is 2. The summed E-state index contributed by atoms with van der Waals surface area (Å²) in [4.78, 5) is 0.381. The van der Waals surface area contributed by atoms with Gasteiger partial charge in [0.25, 0.3) is 0 Å². The van der Waals surface area contributed by atoms with Crippen LogP contribution in [0.25, 0.3) is 0 Å². The first-order valence-corrected chi connectivity index (χ1v) is 12.4. The maximum atomic E-state index is 13.1. The van der Waals surface area contributed by atoms with Crippen LogP contribution in [0, 0.1) is 13.8 Å². The first-order chi connectivity index (χ1) is 14.2. The van der Waals surface area contributed by atoms with Crippen LogP contribution in [0.4, 0.5) is 11.4 Å². The lowest BCUT2D eigenvalue weighted by atomic mass is 9.96. The molecule has 1 aliphatic heterocycles. The second-order valence-corrected chi connectivity index (χ2v) is 11.2. The molecule has 0 bridgehead atoms. The molecule has 0 radical (unpaired) electrons. The van der Waals surface area contributed by atoms with Crippen molar-refractivity contribution in [2.24, 2.45) is 0 Å². The van der Waals surface area contributed by atoms with E-state index in [-0.39, 0.29) is 11.7 Å². The van der Waals surface area contributed by atoms with Crippen LogP contribution in [0.2, 0.25) is 0 Å². The molecule has 1 fully saturated rings. The van der Waals surface area contributed by atoms with E-state index in [9.17, 15) is 8.42 Å². The van der Waals surface area contributed by atoms with Crippen LogP contribution in [-0.2, 0) is 16.4 Å². The van der Waals surface area contributed by atoms with Gasteiger partial charge in [0, 0.05) is 19.5 Å². The van der Waals surface area contributed by atoms with Gasteiger partial charge in [-0.1, -0.05) is 31.4 Å². The zero-order valence-electron chi connectivity index (χ0n) is 18.5. The van der Waals surface area contributed by atoms with Gasteiger partial charge >= 0.3 is 0 Å². The van der Waals surface area contributed by atoms with E-state index >= 15 is 0 Å². The van der Waals surface area contributed by atoms with E-state index in [1.54, 1.807) is 23.5 Å². The fourth-order valence-electron chi connectivity index (χ4n) is 4.73. The highest BCUT2D eigenvalue weighted by Gasteiger charge is 2.32. The number of nitrogens with zero attached hydrogens (tertiary/aromatic N) is 1. The van der Waals surface area contributed by atoms with E-state index < -0.39 is 10.0 Å². The Morgan fingerprint density at radius 1 is 0.967 bits per heavy atom. The molecule has 6 heteroatoms. The van der Waals surface area contributed by atoms with Gasteiger partial charge in [0.1, 0.15) is 5.66 Å². The van der Waals surface area contributed by atoms with Crippen LogP contribution in [0.5, 0.6) is 0 Å². The number of rotatable bonds is 5. The quantitative estimate of drug-likeness (QED) is 0.701. The number of aryl methyl sites for hydroxylation is 2. The minimum atomic E-state index is -3.45. The van der Waals surface area contributed by atoms with Gasteiger partial charge in [0.05, 0.1) is 16.3 Å². The lowest BCUT2D eigenvalue weighted by Crippen LogP contribution is -2.40. The Kier molecular flexibility index (Phi) is 5.58. The molecule has 0 aromatic heterocycles. The molecule has 0 unspecified atom stereocenters. The third-order valence-electron chi connectivity index (χ3n) is 6.70. The number of fused-ring (bicyclic) bond motifs is 1. The smallest absolute Gasteiger partial charge is 0.243 e. The first-order valence-electron chi connectivity index (χ1n) is 10.9. The van der Waals surface area contributed by atoms with Crippen LogP contribution in [0.3, 0.4) is 0 Å². The maximum absolute atomic E-state index is 13.1. The fourth-order valence-corrected chi connectivity index (χ4v) is 6.15. The van der Waals surface area contributed by atoms with Crippen molar-refractivity contribution in [3.8, 4) is 0 Å². The summed E-state index contributed by atoms with van der Waals surface area (Å²) < 4.78 is 27.7. The van der Waals surface area contributed by atoms with Crippen molar-refractivity contribution in [2.45, 2.75) is 75.9 Å². The van der Waals surface area contributed by atoms with Crippen LogP contribution in [-0.4, -0.2) is 31.5 Å². The third kappa shape index (κ3) is 4.08. The highest BCUT2D eigenvalue weighted by atomic mass is 32.2. The summed E-state index contributed by atoms with van der Waals surface area (Å²) in [6.07, 6.45) is 6.11. The average molecular weight is 428 g/mol. The molecule has 2 aromatic rings. The standard InChI is InChI=1S/C24H33N3O2S/c1-17-14-22-23(15-18(17)2)26-24(3,25-22)16-19-10-12-21(13-11-19)30(28,29)27(4)20-8-6-5-7-9-20/h10-15,20,25-26H,5-9,16H2,1-4H3. The summed E-state index contributed by atoms with van der Waals surface area (Å²) in [5.41, 5.74) is 5.57. The number of hydrogen-bond donors (Lipinski definition) is 2. The topological polar surface area (TPSA) is 61.4 Å². The predicted octanol–water partition coefficient (Wildman–Crippen LogP) is 5.05. The van der Waals surface area contributed by atoms with Gasteiger partial charge in [-0.25, -0.2) is 8.42 Å². The third-order valence-corrected chi connectivity index (χ3v) is 8.63. The van der Waals surface area contributed by atoms with Gasteiger partial charge < -0.3 is 10.6 Å². The van der Waals surface area contributed by atoms with E-state index in [0.717, 1.165) is 49.0 Å². The number of hydrogen-bond acceptors (Lipinski definition) is 4. The molecule has 0 spiro atoms. The molecule has 4 rings (SSSR count). The Morgan fingerprint density at radius 2 is 1.50 bits per heavy atom. The van der Waals surface area contributed by atoms with Gasteiger partial charge in [-0.15, -0.1) is 0 Å². The molecule has 2 aromatic carbocycles. The summed E-state index contributed by atoms with van der Waals surface area (Å²) in [6.45, 7) is 6.38. The summed E-state index contributed by atoms with van der Waals surface area (Å²) in [5, 5.41) is 7.19. The minimum Gasteiger partial charge on any atom is -0.361 e. The fraction of sp³-hybridized carbons (Fsp3) is 0.500. The second kappa shape index (κ2) is 7.89. The molecule has 2 N–H and O–H groups in total. The van der Waals surface area contributed by atoms with Gasteiger partial charge in [-0.05, 0) is 74.6 Å². The largest absolute Gasteiger partial charge is 0.361 e. The van der Waals surface area contributed by atoms with Crippen molar-refractivity contribution < 1.29 is 8.42 Å². The minimum absolute atomic E-state index is 0.125. The molecule has 30 heavy (non-hydrogen) atoms. The number of benzene rings is 2. The van der Waals surface area contributed by atoms with Crippen LogP contribution >= 0.6 is 0 Å². The van der Waals surface area contributed by atoms with Gasteiger partial charge in [0.15, 0.2) is 0 Å². The first kappa shape index (κ1) is 21.2. The predicted molar refractivity (Wildman–Crippen MR) is 124 cm³/mol. The Hall–Kier alpha value is -2.05. The van der Waals surface area contributed by atoms with Gasteiger partial charge in [-0.3, -0.25) is 0 Å². The van der Waals surface area contributed by atoms with Crippen molar-refractivity contribution in [1.29, 1.82) is 0 Å². The molecule has 0 atom stereocenters. The Balaban J connectivity index is 1.47. The average Bonchev–Trinajstić information content (AvgIpc) is 3.03. The van der Waals surface area contributed by atoms with Crippen molar-refractivity contribution in [1.82, 2.24) is 4.31 Å². The highest BCUT2D eigenvalue weighted by Crippen LogP contribution is 2.37. The molecule has 0 amide bonds. The molecular weight excluding hydrogens is 394 g/mol. The summed E-state index contributed by atoms with van der Waals surface area (Å²) in [5.74, 6) is 0. The lowest BCUT2D eigenvalue weighted by molar-refractivity contribution is 0.286. The van der Waals surface area contributed by atoms with E-state index in [1.807, 2.05) is 12.1 Å². The van der Waals surface area contributed by atoms with E-state index in [2.05, 4.69) is 43.5 Å². The molecule has 0 saturated heterocycles. The second-order valence-electron chi connectivity index (χ2n) is 9.20. The van der Waals surface area contributed by atoms with Crippen LogP contribution in [0.1, 0.15) is 55.7 Å². The van der Waals surface area contributed by atoms with Gasteiger partial charge in [0.2, 0.25) is 10.0 Å². The van der Waals surface area contributed by atoms with Crippen LogP contribution in [0.15, 0.2) is 41.3 Å². The zero-order chi connectivity index (χ0) is 21.5. The van der Waals surface area contributed by atoms with Crippen molar-refractivity contribution in [3.63, 3.8) is 0 Å². The number of sulfonamides is 1. The van der Waals surface area contributed by atoms with Crippen molar-refractivity contribution in [3.05, 3.63) is 53.1 Å². The Labute approximate surface area is 180 Å². The van der Waals surface area contributed by atoms with E-state index in [0.29, 0.717) is 4.90 Å². The van der Waals surface area contributed by atoms with E-state index in [4.69, 9.17) is 0 Å². The summed E-state index contributed by atoms with van der Waals surface area (Å²) >= 11 is 0. The zero-order valence-corrected chi connectivity index (χ0v) is 19.3. The Morgan fingerprint density at radius 3 is 2.03 bits per heavy atom. The Bertz CT molecular complexity index is 994. The molecule has 1 heterocycles. The molecule has 5 nitrogen and oxygen atoms in total. The molecule has 2 aliphatic rings. The molecule has 1 aliphatic carbocycles. The normalized spacial score (nSPS) is 18.7. The van der Waals surface area contributed by atoms with Gasteiger partial charge in [-0.2, -0.15) is 4.31 Å². The van der Waals surface area contributed by atoms with E-state index in [1.165, 1.54) is 17.5 Å². The summed E-state index contributed by atoms with van der Waals surface area (Å²) in [6, 6.07) is 11.9. The molecule has 1 saturated carbocycles. The van der Waals surface area contributed by atoms with Crippen molar-refractivity contribution >= 4 is 21.4 Å². The van der Waals surface area contributed by atoms with Crippen molar-refractivity contribution in [2.75, 3.05) is 17.7 Å². The van der Waals surface area contributed by atoms with Crippen LogP contribution < -0.4 is 10.6 Å². The molecular formula is C24H33N3O2S. The lowest BCUT2D eigenvalue weighted by Gasteiger charge is -2.30. The summed E-state index contributed by atoms with van der Waals surface area (Å²) in [7, 11) is -1.72. The molecule has 162 valence electrons. The SMILES string of the molecule is Cc1cc2c(cc1C)NC(C)(Cc1ccc(S(=O)(=O)N(C)C3CCCCC3)cc1)N2.